The molecule has 0 heterocycles. The third-order valence-electron chi connectivity index (χ3n) is 3.04. The highest BCUT2D eigenvalue weighted by atomic mass is 19.1. The molecule has 1 nitrogen and oxygen atoms in total. The van der Waals surface area contributed by atoms with Crippen LogP contribution in [0, 0.1) is 17.6 Å². The molecule has 96 valence electrons. The van der Waals surface area contributed by atoms with Crippen molar-refractivity contribution in [1.82, 2.24) is 5.32 Å². The van der Waals surface area contributed by atoms with Gasteiger partial charge in [0.25, 0.3) is 0 Å². The average molecular weight is 241 g/mol. The summed E-state index contributed by atoms with van der Waals surface area (Å²) >= 11 is 0. The van der Waals surface area contributed by atoms with Crippen LogP contribution in [-0.4, -0.2) is 12.1 Å². The molecule has 0 saturated carbocycles. The molecule has 0 aliphatic heterocycles. The fourth-order valence-corrected chi connectivity index (χ4v) is 1.92. The minimum absolute atomic E-state index is 0.184. The molecule has 1 aromatic rings. The summed E-state index contributed by atoms with van der Waals surface area (Å²) in [5.74, 6) is -0.717. The summed E-state index contributed by atoms with van der Waals surface area (Å²) in [5, 5.41) is 3.36. The second kappa shape index (κ2) is 6.10. The van der Waals surface area contributed by atoms with Crippen molar-refractivity contribution in [2.75, 3.05) is 0 Å². The van der Waals surface area contributed by atoms with Gasteiger partial charge in [0, 0.05) is 17.6 Å². The molecule has 1 aromatic carbocycles. The maximum Gasteiger partial charge on any atom is 0.129 e. The maximum absolute atomic E-state index is 13.5. The van der Waals surface area contributed by atoms with Gasteiger partial charge >= 0.3 is 0 Å². The predicted molar refractivity (Wildman–Crippen MR) is 67.0 cm³/mol. The Balaban J connectivity index is 2.70. The largest absolute Gasteiger partial charge is 0.312 e. The van der Waals surface area contributed by atoms with Gasteiger partial charge in [0.15, 0.2) is 0 Å². The van der Waals surface area contributed by atoms with E-state index in [9.17, 15) is 8.78 Å². The number of nitrogens with one attached hydrogen (secondary N) is 1. The Labute approximate surface area is 102 Å². The molecule has 0 spiro atoms. The molecule has 0 bridgehead atoms. The summed E-state index contributed by atoms with van der Waals surface area (Å²) in [4.78, 5) is 0. The van der Waals surface area contributed by atoms with Crippen LogP contribution in [0.4, 0.5) is 8.78 Å². The summed E-state index contributed by atoms with van der Waals surface area (Å²) in [6.45, 7) is 8.18. The molecule has 0 radical (unpaired) electrons. The Hall–Kier alpha value is -0.960. The van der Waals surface area contributed by atoms with Crippen molar-refractivity contribution in [3.63, 3.8) is 0 Å². The molecule has 0 aromatic heterocycles. The Kier molecular flexibility index (Phi) is 5.06. The molecule has 17 heavy (non-hydrogen) atoms. The standard InChI is InChI=1S/C14H21F2N/c1-9(2)17-11(4)10(3)8-12-13(15)6-5-7-14(12)16/h5-7,9-11,17H,8H2,1-4H3. The van der Waals surface area contributed by atoms with Gasteiger partial charge in [0.05, 0.1) is 0 Å². The highest BCUT2D eigenvalue weighted by Gasteiger charge is 2.17. The van der Waals surface area contributed by atoms with Crippen molar-refractivity contribution in [3.8, 4) is 0 Å². The summed E-state index contributed by atoms with van der Waals surface area (Å²) in [7, 11) is 0. The van der Waals surface area contributed by atoms with Crippen molar-refractivity contribution in [2.45, 2.75) is 46.2 Å². The third-order valence-corrected chi connectivity index (χ3v) is 3.04. The van der Waals surface area contributed by atoms with Crippen LogP contribution in [0.3, 0.4) is 0 Å². The van der Waals surface area contributed by atoms with Crippen LogP contribution < -0.4 is 5.32 Å². The van der Waals surface area contributed by atoms with E-state index in [4.69, 9.17) is 0 Å². The minimum atomic E-state index is -0.450. The molecule has 2 unspecified atom stereocenters. The van der Waals surface area contributed by atoms with Gasteiger partial charge in [-0.25, -0.2) is 8.78 Å². The zero-order chi connectivity index (χ0) is 13.0. The van der Waals surface area contributed by atoms with Crippen molar-refractivity contribution in [3.05, 3.63) is 35.4 Å². The van der Waals surface area contributed by atoms with Gasteiger partial charge in [-0.05, 0) is 31.4 Å². The number of halogens is 2. The van der Waals surface area contributed by atoms with E-state index in [1.165, 1.54) is 18.2 Å². The lowest BCUT2D eigenvalue weighted by molar-refractivity contribution is 0.364. The monoisotopic (exact) mass is 241 g/mol. The molecule has 0 fully saturated rings. The summed E-state index contributed by atoms with van der Waals surface area (Å²) in [6.07, 6.45) is 0.416. The molecule has 0 saturated heterocycles. The Morgan fingerprint density at radius 2 is 1.59 bits per heavy atom. The number of hydrogen-bond donors (Lipinski definition) is 1. The number of hydrogen-bond acceptors (Lipinski definition) is 1. The van der Waals surface area contributed by atoms with Gasteiger partial charge in [0.1, 0.15) is 11.6 Å². The number of benzene rings is 1. The molecule has 3 heteroatoms. The first-order valence-electron chi connectivity index (χ1n) is 6.10. The van der Waals surface area contributed by atoms with E-state index in [-0.39, 0.29) is 17.5 Å². The van der Waals surface area contributed by atoms with E-state index in [1.54, 1.807) is 0 Å². The van der Waals surface area contributed by atoms with Gasteiger partial charge < -0.3 is 5.32 Å². The highest BCUT2D eigenvalue weighted by molar-refractivity contribution is 5.20. The van der Waals surface area contributed by atoms with E-state index < -0.39 is 11.6 Å². The van der Waals surface area contributed by atoms with Crippen LogP contribution in [0.1, 0.15) is 33.3 Å². The van der Waals surface area contributed by atoms with Crippen LogP contribution in [0.15, 0.2) is 18.2 Å². The van der Waals surface area contributed by atoms with E-state index in [0.717, 1.165) is 0 Å². The molecule has 0 aliphatic rings. The smallest absolute Gasteiger partial charge is 0.129 e. The first-order chi connectivity index (χ1) is 7.91. The van der Waals surface area contributed by atoms with Crippen molar-refractivity contribution < 1.29 is 8.78 Å². The first-order valence-corrected chi connectivity index (χ1v) is 6.10. The lowest BCUT2D eigenvalue weighted by Gasteiger charge is -2.24. The molecular formula is C14H21F2N. The van der Waals surface area contributed by atoms with Crippen LogP contribution in [-0.2, 0) is 6.42 Å². The normalized spacial score (nSPS) is 15.0. The third kappa shape index (κ3) is 4.08. The summed E-state index contributed by atoms with van der Waals surface area (Å²) < 4.78 is 27.0. The van der Waals surface area contributed by atoms with Gasteiger partial charge in [-0.3, -0.25) is 0 Å². The quantitative estimate of drug-likeness (QED) is 0.831. The average Bonchev–Trinajstić information content (AvgIpc) is 2.22. The summed E-state index contributed by atoms with van der Waals surface area (Å²) in [6, 6.07) is 4.62. The van der Waals surface area contributed by atoms with Crippen LogP contribution in [0.25, 0.3) is 0 Å². The lowest BCUT2D eigenvalue weighted by Crippen LogP contribution is -2.38. The Bertz CT molecular complexity index is 343. The van der Waals surface area contributed by atoms with Crippen molar-refractivity contribution in [1.29, 1.82) is 0 Å². The molecule has 0 amide bonds. The highest BCUT2D eigenvalue weighted by Crippen LogP contribution is 2.18. The van der Waals surface area contributed by atoms with Crippen LogP contribution >= 0.6 is 0 Å². The van der Waals surface area contributed by atoms with Crippen LogP contribution in [0.5, 0.6) is 0 Å². The Morgan fingerprint density at radius 3 is 2.06 bits per heavy atom. The van der Waals surface area contributed by atoms with Gasteiger partial charge in [-0.2, -0.15) is 0 Å². The summed E-state index contributed by atoms with van der Waals surface area (Å²) in [5.41, 5.74) is 0.192. The van der Waals surface area contributed by atoms with Gasteiger partial charge in [-0.1, -0.05) is 26.8 Å². The maximum atomic E-state index is 13.5. The minimum Gasteiger partial charge on any atom is -0.312 e. The Morgan fingerprint density at radius 1 is 1.06 bits per heavy atom. The molecule has 0 aliphatic carbocycles. The lowest BCUT2D eigenvalue weighted by atomic mass is 9.94. The number of rotatable bonds is 5. The molecule has 1 rings (SSSR count). The van der Waals surface area contributed by atoms with Crippen LogP contribution in [0.2, 0.25) is 0 Å². The van der Waals surface area contributed by atoms with Gasteiger partial charge in [-0.15, -0.1) is 0 Å². The van der Waals surface area contributed by atoms with E-state index in [0.29, 0.717) is 12.5 Å². The van der Waals surface area contributed by atoms with Crippen molar-refractivity contribution in [2.24, 2.45) is 5.92 Å². The second-order valence-electron chi connectivity index (χ2n) is 4.99. The van der Waals surface area contributed by atoms with E-state index in [1.807, 2.05) is 13.8 Å². The molecule has 1 N–H and O–H groups in total. The fourth-order valence-electron chi connectivity index (χ4n) is 1.92. The van der Waals surface area contributed by atoms with Crippen molar-refractivity contribution >= 4 is 0 Å². The second-order valence-corrected chi connectivity index (χ2v) is 4.99. The zero-order valence-electron chi connectivity index (χ0n) is 10.9. The molecule has 2 atom stereocenters. The first kappa shape index (κ1) is 14.1. The zero-order valence-corrected chi connectivity index (χ0v) is 10.9. The van der Waals surface area contributed by atoms with E-state index >= 15 is 0 Å². The SMILES string of the molecule is CC(C)NC(C)C(C)Cc1c(F)cccc1F. The molecular weight excluding hydrogens is 220 g/mol. The van der Waals surface area contributed by atoms with Gasteiger partial charge in [0.2, 0.25) is 0 Å². The topological polar surface area (TPSA) is 12.0 Å². The predicted octanol–water partition coefficient (Wildman–Crippen LogP) is 3.53. The fraction of sp³-hybridized carbons (Fsp3) is 0.571. The van der Waals surface area contributed by atoms with E-state index in [2.05, 4.69) is 19.2 Å².